The van der Waals surface area contributed by atoms with Crippen molar-refractivity contribution >= 4 is 26.5 Å². The summed E-state index contributed by atoms with van der Waals surface area (Å²) in [4.78, 5) is 0.145. The summed E-state index contributed by atoms with van der Waals surface area (Å²) in [6.45, 7) is 1.65. The minimum atomic E-state index is -3.79. The molecule has 0 unspecified atom stereocenters. The molecule has 0 bridgehead atoms. The molecule has 0 radical (unpaired) electrons. The van der Waals surface area contributed by atoms with Crippen molar-refractivity contribution in [3.8, 4) is 0 Å². The number of hydrogen-bond acceptors (Lipinski definition) is 3. The molecule has 6 heteroatoms. The summed E-state index contributed by atoms with van der Waals surface area (Å²) in [7, 11) is -3.79. The van der Waals surface area contributed by atoms with Crippen LogP contribution in [0.2, 0.25) is 0 Å². The van der Waals surface area contributed by atoms with Crippen LogP contribution >= 0.6 is 0 Å². The molecule has 0 atom stereocenters. The van der Waals surface area contributed by atoms with Crippen molar-refractivity contribution in [2.45, 2.75) is 6.92 Å². The molecule has 0 saturated carbocycles. The lowest BCUT2D eigenvalue weighted by Crippen LogP contribution is -2.12. The molecule has 22 heavy (non-hydrogen) atoms. The molecule has 1 aliphatic rings. The number of halogens is 1. The first-order valence-electron chi connectivity index (χ1n) is 6.62. The van der Waals surface area contributed by atoms with Crippen molar-refractivity contribution in [3.63, 3.8) is 0 Å². The van der Waals surface area contributed by atoms with Gasteiger partial charge in [0.05, 0.1) is 5.69 Å². The van der Waals surface area contributed by atoms with Crippen LogP contribution in [-0.4, -0.2) is 14.3 Å². The molecule has 1 aliphatic heterocycles. The van der Waals surface area contributed by atoms with Crippen LogP contribution in [0.25, 0.3) is 4.91 Å². The van der Waals surface area contributed by atoms with Crippen molar-refractivity contribution < 1.29 is 12.8 Å². The largest absolute Gasteiger partial charge is 0.337 e. The lowest BCUT2D eigenvalue weighted by atomic mass is 10.1. The fraction of sp³-hybridized carbons (Fsp3) is 0.0625. The maximum atomic E-state index is 13.7. The normalized spacial score (nSPS) is 16.5. The molecule has 0 aromatic heterocycles. The van der Waals surface area contributed by atoms with E-state index in [0.717, 1.165) is 0 Å². The second-order valence-electron chi connectivity index (χ2n) is 4.84. The van der Waals surface area contributed by atoms with Gasteiger partial charge >= 0.3 is 0 Å². The van der Waals surface area contributed by atoms with Gasteiger partial charge in [-0.2, -0.15) is 8.42 Å². The third-order valence-electron chi connectivity index (χ3n) is 3.33. The number of hydrogen-bond donors (Lipinski definition) is 1. The smallest absolute Gasteiger partial charge is 0.285 e. The number of rotatable bonds is 2. The molecular formula is C16H13FN2O2S. The van der Waals surface area contributed by atoms with E-state index in [2.05, 4.69) is 9.71 Å². The number of para-hydroxylation sites is 1. The molecule has 1 N–H and O–H groups in total. The zero-order valence-electron chi connectivity index (χ0n) is 11.7. The SMILES string of the molecule is CC1=C(c2ccccc2)S(=O)(=O)N=C1Nc1ccccc1F. The second-order valence-corrected chi connectivity index (χ2v) is 6.38. The molecule has 0 fully saturated rings. The van der Waals surface area contributed by atoms with Gasteiger partial charge in [-0.1, -0.05) is 42.5 Å². The van der Waals surface area contributed by atoms with Gasteiger partial charge in [0.25, 0.3) is 10.0 Å². The topological polar surface area (TPSA) is 58.5 Å². The Hall–Kier alpha value is -2.47. The number of sulfonamides is 1. The summed E-state index contributed by atoms with van der Waals surface area (Å²) in [5.74, 6) is -0.326. The summed E-state index contributed by atoms with van der Waals surface area (Å²) in [6, 6.07) is 14.8. The van der Waals surface area contributed by atoms with Gasteiger partial charge in [-0.3, -0.25) is 0 Å². The van der Waals surface area contributed by atoms with Crippen LogP contribution in [0.4, 0.5) is 10.1 Å². The first-order chi connectivity index (χ1) is 10.5. The zero-order chi connectivity index (χ0) is 15.7. The Balaban J connectivity index is 2.04. The molecule has 1 heterocycles. The number of nitrogens with zero attached hydrogens (tertiary/aromatic N) is 1. The highest BCUT2D eigenvalue weighted by atomic mass is 32.2. The zero-order valence-corrected chi connectivity index (χ0v) is 12.6. The highest BCUT2D eigenvalue weighted by Crippen LogP contribution is 2.32. The van der Waals surface area contributed by atoms with Crippen molar-refractivity contribution in [3.05, 3.63) is 71.6 Å². The minimum absolute atomic E-state index is 0.143. The Morgan fingerprint density at radius 3 is 2.32 bits per heavy atom. The maximum absolute atomic E-state index is 13.7. The van der Waals surface area contributed by atoms with Crippen LogP contribution < -0.4 is 5.32 Å². The number of amidine groups is 1. The molecule has 0 spiro atoms. The van der Waals surface area contributed by atoms with Gasteiger partial charge in [-0.25, -0.2) is 4.39 Å². The van der Waals surface area contributed by atoms with Crippen molar-refractivity contribution in [2.24, 2.45) is 4.40 Å². The third kappa shape index (κ3) is 2.53. The molecule has 0 aliphatic carbocycles. The molecule has 3 rings (SSSR count). The molecular weight excluding hydrogens is 303 g/mol. The first-order valence-corrected chi connectivity index (χ1v) is 8.06. The van der Waals surface area contributed by atoms with Gasteiger partial charge in [0, 0.05) is 5.57 Å². The van der Waals surface area contributed by atoms with Crippen molar-refractivity contribution in [1.82, 2.24) is 0 Å². The van der Waals surface area contributed by atoms with E-state index in [1.54, 1.807) is 49.4 Å². The summed E-state index contributed by atoms with van der Waals surface area (Å²) >= 11 is 0. The lowest BCUT2D eigenvalue weighted by molar-refractivity contribution is 0.608. The van der Waals surface area contributed by atoms with Crippen molar-refractivity contribution in [1.29, 1.82) is 0 Å². The van der Waals surface area contributed by atoms with E-state index in [4.69, 9.17) is 0 Å². The van der Waals surface area contributed by atoms with E-state index in [9.17, 15) is 12.8 Å². The maximum Gasteiger partial charge on any atom is 0.285 e. The van der Waals surface area contributed by atoms with Gasteiger partial charge in [-0.05, 0) is 24.6 Å². The van der Waals surface area contributed by atoms with Crippen molar-refractivity contribution in [2.75, 3.05) is 5.32 Å². The van der Waals surface area contributed by atoms with Crippen LogP contribution in [0.1, 0.15) is 12.5 Å². The van der Waals surface area contributed by atoms with E-state index < -0.39 is 15.8 Å². The van der Waals surface area contributed by atoms with Crippen LogP contribution in [0.5, 0.6) is 0 Å². The fourth-order valence-electron chi connectivity index (χ4n) is 2.30. The fourth-order valence-corrected chi connectivity index (χ4v) is 3.73. The Bertz CT molecular complexity index is 887. The Kier molecular flexibility index (Phi) is 3.54. The van der Waals surface area contributed by atoms with Gasteiger partial charge in [0.2, 0.25) is 0 Å². The average molecular weight is 316 g/mol. The second kappa shape index (κ2) is 5.38. The van der Waals surface area contributed by atoms with Crippen LogP contribution in [-0.2, 0) is 10.0 Å². The highest BCUT2D eigenvalue weighted by Gasteiger charge is 2.31. The standard InChI is InChI=1S/C16H13FN2O2S/c1-11-15(12-7-3-2-4-8-12)22(20,21)19-16(11)18-14-10-6-5-9-13(14)17/h2-10H,1H3,(H,18,19). The summed E-state index contributed by atoms with van der Waals surface area (Å²) in [5, 5.41) is 2.75. The van der Waals surface area contributed by atoms with E-state index in [1.165, 1.54) is 12.1 Å². The molecule has 2 aromatic carbocycles. The molecule has 112 valence electrons. The highest BCUT2D eigenvalue weighted by molar-refractivity contribution is 8.00. The van der Waals surface area contributed by atoms with Gasteiger partial charge in [0.1, 0.15) is 16.6 Å². The predicted octanol–water partition coefficient (Wildman–Crippen LogP) is 3.41. The minimum Gasteiger partial charge on any atom is -0.337 e. The first kappa shape index (κ1) is 14.5. The number of nitrogens with one attached hydrogen (secondary N) is 1. The van der Waals surface area contributed by atoms with E-state index in [0.29, 0.717) is 11.1 Å². The number of anilines is 1. The summed E-state index contributed by atoms with van der Waals surface area (Å²) < 4.78 is 42.0. The molecule has 2 aromatic rings. The monoisotopic (exact) mass is 316 g/mol. The van der Waals surface area contributed by atoms with Gasteiger partial charge in [-0.15, -0.1) is 4.40 Å². The molecule has 0 saturated heterocycles. The predicted molar refractivity (Wildman–Crippen MR) is 85.4 cm³/mol. The Morgan fingerprint density at radius 2 is 1.64 bits per heavy atom. The Labute approximate surface area is 128 Å². The molecule has 0 amide bonds. The van der Waals surface area contributed by atoms with E-state index in [-0.39, 0.29) is 16.4 Å². The number of benzene rings is 2. The third-order valence-corrected chi connectivity index (χ3v) is 4.81. The van der Waals surface area contributed by atoms with E-state index >= 15 is 0 Å². The van der Waals surface area contributed by atoms with Gasteiger partial charge in [0.15, 0.2) is 0 Å². The lowest BCUT2D eigenvalue weighted by Gasteiger charge is -2.07. The summed E-state index contributed by atoms with van der Waals surface area (Å²) in [6.07, 6.45) is 0. The summed E-state index contributed by atoms with van der Waals surface area (Å²) in [5.41, 5.74) is 1.22. The van der Waals surface area contributed by atoms with Gasteiger partial charge < -0.3 is 5.32 Å². The van der Waals surface area contributed by atoms with Crippen LogP contribution in [0, 0.1) is 5.82 Å². The van der Waals surface area contributed by atoms with Crippen LogP contribution in [0.15, 0.2) is 64.6 Å². The average Bonchev–Trinajstić information content (AvgIpc) is 2.71. The Morgan fingerprint density at radius 1 is 1.00 bits per heavy atom. The molecule has 4 nitrogen and oxygen atoms in total. The quantitative estimate of drug-likeness (QED) is 0.923. The van der Waals surface area contributed by atoms with E-state index in [1.807, 2.05) is 0 Å². The van der Waals surface area contributed by atoms with Crippen LogP contribution in [0.3, 0.4) is 0 Å².